The quantitative estimate of drug-likeness (QED) is 0.764. The zero-order valence-corrected chi connectivity index (χ0v) is 13.4. The van der Waals surface area contributed by atoms with Gasteiger partial charge in [0.25, 0.3) is 5.91 Å². The Morgan fingerprint density at radius 2 is 1.96 bits per heavy atom. The molecule has 0 atom stereocenters. The Bertz CT molecular complexity index is 673. The minimum absolute atomic E-state index is 0.225. The van der Waals surface area contributed by atoms with Crippen molar-refractivity contribution in [3.63, 3.8) is 0 Å². The van der Waals surface area contributed by atoms with Gasteiger partial charge in [0.2, 0.25) is 0 Å². The summed E-state index contributed by atoms with van der Waals surface area (Å²) in [5, 5.41) is 5.36. The van der Waals surface area contributed by atoms with Crippen LogP contribution in [0.3, 0.4) is 0 Å². The second kappa shape index (κ2) is 8.71. The summed E-state index contributed by atoms with van der Waals surface area (Å²) in [6.07, 6.45) is 1.42. The molecular formula is C17H20FN3O3. The highest BCUT2D eigenvalue weighted by molar-refractivity contribution is 5.91. The van der Waals surface area contributed by atoms with E-state index >= 15 is 0 Å². The number of carbonyl (C=O) groups is 2. The highest BCUT2D eigenvalue weighted by Gasteiger charge is 2.12. The topological polar surface area (TPSA) is 74.6 Å². The SMILES string of the molecule is CCN(Cc1cccc(F)c1)C(=O)NCCNC(=O)c1ccco1. The van der Waals surface area contributed by atoms with E-state index in [1.807, 2.05) is 6.92 Å². The number of furan rings is 1. The van der Waals surface area contributed by atoms with Crippen LogP contribution in [0.2, 0.25) is 0 Å². The zero-order valence-electron chi connectivity index (χ0n) is 13.4. The van der Waals surface area contributed by atoms with Gasteiger partial charge in [-0.05, 0) is 36.8 Å². The number of hydrogen-bond donors (Lipinski definition) is 2. The molecule has 2 aromatic rings. The number of benzene rings is 1. The molecule has 3 amide bonds. The smallest absolute Gasteiger partial charge is 0.317 e. The summed E-state index contributed by atoms with van der Waals surface area (Å²) in [5.74, 6) is -0.437. The number of nitrogens with one attached hydrogen (secondary N) is 2. The third-order valence-electron chi connectivity index (χ3n) is 3.36. The minimum atomic E-state index is -0.332. The fraction of sp³-hybridized carbons (Fsp3) is 0.294. The summed E-state index contributed by atoms with van der Waals surface area (Å²) in [6.45, 7) is 3.21. The van der Waals surface area contributed by atoms with Crippen molar-refractivity contribution in [2.24, 2.45) is 0 Å². The van der Waals surface area contributed by atoms with E-state index < -0.39 is 0 Å². The summed E-state index contributed by atoms with van der Waals surface area (Å²) >= 11 is 0. The second-order valence-corrected chi connectivity index (χ2v) is 5.11. The van der Waals surface area contributed by atoms with E-state index in [4.69, 9.17) is 4.42 Å². The van der Waals surface area contributed by atoms with Crippen LogP contribution in [0.5, 0.6) is 0 Å². The standard InChI is InChI=1S/C17H20FN3O3/c1-2-21(12-13-5-3-6-14(18)11-13)17(23)20-9-8-19-16(22)15-7-4-10-24-15/h3-7,10-11H,2,8-9,12H2,1H3,(H,19,22)(H,20,23). The first kappa shape index (κ1) is 17.5. The maximum absolute atomic E-state index is 13.2. The Hall–Kier alpha value is -2.83. The van der Waals surface area contributed by atoms with Gasteiger partial charge in [0.1, 0.15) is 5.82 Å². The molecule has 2 rings (SSSR count). The number of hydrogen-bond acceptors (Lipinski definition) is 3. The lowest BCUT2D eigenvalue weighted by atomic mass is 10.2. The van der Waals surface area contributed by atoms with E-state index in [1.54, 1.807) is 29.2 Å². The normalized spacial score (nSPS) is 10.2. The Labute approximate surface area is 139 Å². The van der Waals surface area contributed by atoms with E-state index in [-0.39, 0.29) is 36.6 Å². The molecule has 1 heterocycles. The van der Waals surface area contributed by atoms with E-state index in [1.165, 1.54) is 18.4 Å². The lowest BCUT2D eigenvalue weighted by Gasteiger charge is -2.21. The third-order valence-corrected chi connectivity index (χ3v) is 3.36. The number of urea groups is 1. The number of carbonyl (C=O) groups excluding carboxylic acids is 2. The van der Waals surface area contributed by atoms with Crippen molar-refractivity contribution >= 4 is 11.9 Å². The molecular weight excluding hydrogens is 313 g/mol. The summed E-state index contributed by atoms with van der Waals surface area (Å²) in [7, 11) is 0. The average molecular weight is 333 g/mol. The lowest BCUT2D eigenvalue weighted by molar-refractivity contribution is 0.0926. The molecule has 0 aliphatic heterocycles. The summed E-state index contributed by atoms with van der Waals surface area (Å²) in [6, 6.07) is 9.06. The molecule has 0 unspecified atom stereocenters. The Morgan fingerprint density at radius 1 is 1.17 bits per heavy atom. The summed E-state index contributed by atoms with van der Waals surface area (Å²) in [5.41, 5.74) is 0.720. The largest absolute Gasteiger partial charge is 0.459 e. The van der Waals surface area contributed by atoms with Crippen molar-refractivity contribution < 1.29 is 18.4 Å². The van der Waals surface area contributed by atoms with Crippen LogP contribution in [0.15, 0.2) is 47.1 Å². The molecule has 1 aromatic carbocycles. The Balaban J connectivity index is 1.74. The van der Waals surface area contributed by atoms with Gasteiger partial charge in [-0.3, -0.25) is 4.79 Å². The van der Waals surface area contributed by atoms with E-state index in [9.17, 15) is 14.0 Å². The molecule has 0 saturated carbocycles. The Morgan fingerprint density at radius 3 is 2.62 bits per heavy atom. The molecule has 1 aromatic heterocycles. The van der Waals surface area contributed by atoms with Crippen LogP contribution in [0.4, 0.5) is 9.18 Å². The highest BCUT2D eigenvalue weighted by atomic mass is 19.1. The van der Waals surface area contributed by atoms with Crippen LogP contribution in [0.1, 0.15) is 23.0 Å². The molecule has 0 saturated heterocycles. The first-order valence-corrected chi connectivity index (χ1v) is 7.69. The monoisotopic (exact) mass is 333 g/mol. The molecule has 7 heteroatoms. The number of amides is 3. The second-order valence-electron chi connectivity index (χ2n) is 5.11. The molecule has 0 aliphatic carbocycles. The van der Waals surface area contributed by atoms with Gasteiger partial charge in [0, 0.05) is 26.2 Å². The van der Waals surface area contributed by atoms with Gasteiger partial charge in [-0.25, -0.2) is 9.18 Å². The maximum atomic E-state index is 13.2. The van der Waals surface area contributed by atoms with Crippen molar-refractivity contribution in [2.75, 3.05) is 19.6 Å². The zero-order chi connectivity index (χ0) is 17.4. The first-order valence-electron chi connectivity index (χ1n) is 7.69. The van der Waals surface area contributed by atoms with Gasteiger partial charge < -0.3 is 20.0 Å². The van der Waals surface area contributed by atoms with E-state index in [0.717, 1.165) is 5.56 Å². The van der Waals surface area contributed by atoms with Crippen LogP contribution < -0.4 is 10.6 Å². The van der Waals surface area contributed by atoms with Gasteiger partial charge in [0.05, 0.1) is 6.26 Å². The molecule has 0 bridgehead atoms. The summed E-state index contributed by atoms with van der Waals surface area (Å²) in [4.78, 5) is 25.3. The highest BCUT2D eigenvalue weighted by Crippen LogP contribution is 2.07. The third kappa shape index (κ3) is 5.12. The van der Waals surface area contributed by atoms with Gasteiger partial charge in [-0.1, -0.05) is 12.1 Å². The lowest BCUT2D eigenvalue weighted by Crippen LogP contribution is -2.42. The average Bonchev–Trinajstić information content (AvgIpc) is 3.11. The number of halogens is 1. The molecule has 0 radical (unpaired) electrons. The molecule has 2 N–H and O–H groups in total. The maximum Gasteiger partial charge on any atom is 0.317 e. The fourth-order valence-corrected chi connectivity index (χ4v) is 2.14. The number of rotatable bonds is 7. The first-order chi connectivity index (χ1) is 11.6. The van der Waals surface area contributed by atoms with Crippen LogP contribution in [-0.2, 0) is 6.54 Å². The Kier molecular flexibility index (Phi) is 6.36. The number of nitrogens with zero attached hydrogens (tertiary/aromatic N) is 1. The molecule has 24 heavy (non-hydrogen) atoms. The van der Waals surface area contributed by atoms with Gasteiger partial charge in [-0.15, -0.1) is 0 Å². The van der Waals surface area contributed by atoms with Crippen LogP contribution >= 0.6 is 0 Å². The molecule has 6 nitrogen and oxygen atoms in total. The van der Waals surface area contributed by atoms with Crippen LogP contribution in [-0.4, -0.2) is 36.5 Å². The van der Waals surface area contributed by atoms with Gasteiger partial charge >= 0.3 is 6.03 Å². The van der Waals surface area contributed by atoms with Crippen molar-refractivity contribution in [1.29, 1.82) is 0 Å². The van der Waals surface area contributed by atoms with Crippen molar-refractivity contribution in [1.82, 2.24) is 15.5 Å². The molecule has 0 fully saturated rings. The minimum Gasteiger partial charge on any atom is -0.459 e. The predicted molar refractivity (Wildman–Crippen MR) is 86.9 cm³/mol. The van der Waals surface area contributed by atoms with Crippen LogP contribution in [0.25, 0.3) is 0 Å². The fourth-order valence-electron chi connectivity index (χ4n) is 2.14. The van der Waals surface area contributed by atoms with Crippen LogP contribution in [0, 0.1) is 5.82 Å². The van der Waals surface area contributed by atoms with Crippen molar-refractivity contribution in [3.8, 4) is 0 Å². The molecule has 0 aliphatic rings. The van der Waals surface area contributed by atoms with Gasteiger partial charge in [-0.2, -0.15) is 0 Å². The molecule has 128 valence electrons. The van der Waals surface area contributed by atoms with E-state index in [2.05, 4.69) is 10.6 Å². The van der Waals surface area contributed by atoms with Crippen molar-refractivity contribution in [2.45, 2.75) is 13.5 Å². The van der Waals surface area contributed by atoms with Crippen molar-refractivity contribution in [3.05, 3.63) is 59.8 Å². The molecule has 0 spiro atoms. The van der Waals surface area contributed by atoms with E-state index in [0.29, 0.717) is 13.1 Å². The predicted octanol–water partition coefficient (Wildman–Crippen LogP) is 2.38. The summed E-state index contributed by atoms with van der Waals surface area (Å²) < 4.78 is 18.2. The van der Waals surface area contributed by atoms with Gasteiger partial charge in [0.15, 0.2) is 5.76 Å².